The third kappa shape index (κ3) is 6.57. The molecule has 1 aliphatic rings. The van der Waals surface area contributed by atoms with E-state index in [0.717, 1.165) is 45.1 Å². The Morgan fingerprint density at radius 2 is 1.62 bits per heavy atom. The molecule has 10 nitrogen and oxygen atoms in total. The number of nitrogens with one attached hydrogen (secondary N) is 2. The summed E-state index contributed by atoms with van der Waals surface area (Å²) in [5.41, 5.74) is 4.01. The summed E-state index contributed by atoms with van der Waals surface area (Å²) in [6.45, 7) is 2.15. The van der Waals surface area contributed by atoms with Crippen molar-refractivity contribution in [2.75, 3.05) is 4.72 Å². The van der Waals surface area contributed by atoms with Crippen LogP contribution in [-0.4, -0.2) is 34.4 Å². The van der Waals surface area contributed by atoms with Gasteiger partial charge in [-0.05, 0) is 78.9 Å². The Kier molecular flexibility index (Phi) is 8.28. The van der Waals surface area contributed by atoms with Crippen LogP contribution in [0.1, 0.15) is 17.0 Å². The maximum atomic E-state index is 13.1. The van der Waals surface area contributed by atoms with Crippen LogP contribution in [0, 0.1) is 6.92 Å². The molecule has 0 bridgehead atoms. The Balaban J connectivity index is 1.05. The van der Waals surface area contributed by atoms with Crippen molar-refractivity contribution in [2.45, 2.75) is 30.1 Å². The number of imidazole rings is 1. The number of carbonyl (C=O) groups excluding carboxylic acids is 2. The van der Waals surface area contributed by atoms with E-state index < -0.39 is 15.3 Å². The standard InChI is InChI=1S/C36H30N4O6S2/c1-22-6-15-28(16-7-22)48(43,44)39-30-5-3-4-24-10-13-26(19-29(24)30)46-27-14-17-31-32(20-27)40(2)34(37-31)21-45-25-11-8-23(9-12-25)18-33-35(41)38-36(42)47-33/h3-17,19-20,33,39H,18,21H2,1-2H3,(H,38,41,42). The summed E-state index contributed by atoms with van der Waals surface area (Å²) in [7, 11) is -1.88. The van der Waals surface area contributed by atoms with Gasteiger partial charge in [-0.15, -0.1) is 0 Å². The highest BCUT2D eigenvalue weighted by molar-refractivity contribution is 8.15. The van der Waals surface area contributed by atoms with Gasteiger partial charge in [0.05, 0.1) is 26.9 Å². The molecule has 12 heteroatoms. The van der Waals surface area contributed by atoms with E-state index in [4.69, 9.17) is 14.5 Å². The number of rotatable bonds is 10. The van der Waals surface area contributed by atoms with Crippen molar-refractivity contribution in [3.05, 3.63) is 120 Å². The lowest BCUT2D eigenvalue weighted by Gasteiger charge is -2.13. The molecule has 2 amide bonds. The van der Waals surface area contributed by atoms with Gasteiger partial charge >= 0.3 is 0 Å². The van der Waals surface area contributed by atoms with Gasteiger partial charge < -0.3 is 14.0 Å². The summed E-state index contributed by atoms with van der Waals surface area (Å²) in [5.74, 6) is 2.27. The molecule has 0 radical (unpaired) electrons. The molecule has 2 N–H and O–H groups in total. The third-order valence-electron chi connectivity index (χ3n) is 8.09. The van der Waals surface area contributed by atoms with Crippen LogP contribution in [-0.2, 0) is 34.9 Å². The highest BCUT2D eigenvalue weighted by Crippen LogP contribution is 2.33. The molecule has 48 heavy (non-hydrogen) atoms. The number of anilines is 1. The minimum atomic E-state index is -3.79. The molecule has 0 saturated carbocycles. The molecule has 2 heterocycles. The minimum absolute atomic E-state index is 0.190. The fourth-order valence-electron chi connectivity index (χ4n) is 5.48. The largest absolute Gasteiger partial charge is 0.486 e. The summed E-state index contributed by atoms with van der Waals surface area (Å²) >= 11 is 1.01. The van der Waals surface area contributed by atoms with Crippen molar-refractivity contribution in [1.29, 1.82) is 0 Å². The summed E-state index contributed by atoms with van der Waals surface area (Å²) < 4.78 is 43.2. The third-order valence-corrected chi connectivity index (χ3v) is 10.5. The minimum Gasteiger partial charge on any atom is -0.486 e. The van der Waals surface area contributed by atoms with Crippen molar-refractivity contribution < 1.29 is 27.5 Å². The number of fused-ring (bicyclic) bond motifs is 2. The molecular formula is C36H30N4O6S2. The lowest BCUT2D eigenvalue weighted by Crippen LogP contribution is -2.25. The summed E-state index contributed by atoms with van der Waals surface area (Å²) in [6, 6.07) is 30.8. The van der Waals surface area contributed by atoms with Crippen LogP contribution in [0.4, 0.5) is 10.5 Å². The number of benzene rings is 5. The van der Waals surface area contributed by atoms with Crippen LogP contribution in [0.3, 0.4) is 0 Å². The molecule has 1 unspecified atom stereocenters. The number of hydrogen-bond donors (Lipinski definition) is 2. The van der Waals surface area contributed by atoms with E-state index in [1.165, 1.54) is 0 Å². The molecule has 0 spiro atoms. The first-order chi connectivity index (χ1) is 23.1. The summed E-state index contributed by atoms with van der Waals surface area (Å²) in [4.78, 5) is 28.2. The van der Waals surface area contributed by atoms with Gasteiger partial charge in [0.2, 0.25) is 5.91 Å². The van der Waals surface area contributed by atoms with Gasteiger partial charge in [0.15, 0.2) is 0 Å². The number of aryl methyl sites for hydroxylation is 2. The number of aromatic nitrogens is 2. The van der Waals surface area contributed by atoms with E-state index in [1.807, 2.05) is 91.3 Å². The number of hydrogen-bond acceptors (Lipinski definition) is 8. The van der Waals surface area contributed by atoms with Crippen molar-refractivity contribution in [3.8, 4) is 17.2 Å². The Labute approximate surface area is 281 Å². The zero-order valence-corrected chi connectivity index (χ0v) is 27.6. The van der Waals surface area contributed by atoms with Gasteiger partial charge in [0.25, 0.3) is 15.3 Å². The number of carbonyl (C=O) groups is 2. The quantitative estimate of drug-likeness (QED) is 0.157. The molecule has 1 saturated heterocycles. The zero-order chi connectivity index (χ0) is 33.4. The highest BCUT2D eigenvalue weighted by atomic mass is 32.2. The Bertz CT molecular complexity index is 2300. The second-order valence-corrected chi connectivity index (χ2v) is 14.3. The molecule has 1 aromatic heterocycles. The number of sulfonamides is 1. The number of ether oxygens (including phenoxy) is 2. The first kappa shape index (κ1) is 31.3. The fourth-order valence-corrected chi connectivity index (χ4v) is 7.42. The summed E-state index contributed by atoms with van der Waals surface area (Å²) in [5, 5.41) is 3.16. The van der Waals surface area contributed by atoms with E-state index in [9.17, 15) is 18.0 Å². The maximum Gasteiger partial charge on any atom is 0.286 e. The van der Waals surface area contributed by atoms with Crippen LogP contribution in [0.2, 0.25) is 0 Å². The number of thioether (sulfide) groups is 1. The van der Waals surface area contributed by atoms with Crippen LogP contribution in [0.25, 0.3) is 21.8 Å². The molecule has 0 aliphatic carbocycles. The number of amides is 2. The average Bonchev–Trinajstić information content (AvgIpc) is 3.56. The van der Waals surface area contributed by atoms with E-state index in [2.05, 4.69) is 10.0 Å². The van der Waals surface area contributed by atoms with Gasteiger partial charge in [-0.1, -0.05) is 59.8 Å². The van der Waals surface area contributed by atoms with Gasteiger partial charge in [-0.2, -0.15) is 0 Å². The lowest BCUT2D eigenvalue weighted by molar-refractivity contribution is -0.118. The molecule has 7 rings (SSSR count). The average molecular weight is 679 g/mol. The molecule has 5 aromatic carbocycles. The van der Waals surface area contributed by atoms with E-state index >= 15 is 0 Å². The first-order valence-electron chi connectivity index (χ1n) is 15.1. The molecule has 242 valence electrons. The van der Waals surface area contributed by atoms with E-state index in [-0.39, 0.29) is 22.6 Å². The van der Waals surface area contributed by atoms with Crippen LogP contribution in [0.15, 0.2) is 108 Å². The second-order valence-electron chi connectivity index (χ2n) is 11.5. The van der Waals surface area contributed by atoms with Gasteiger partial charge in [-0.3, -0.25) is 19.6 Å². The number of nitrogens with zero attached hydrogens (tertiary/aromatic N) is 2. The predicted molar refractivity (Wildman–Crippen MR) is 186 cm³/mol. The fraction of sp³-hybridized carbons (Fsp3) is 0.139. The monoisotopic (exact) mass is 678 g/mol. The Morgan fingerprint density at radius 1 is 0.896 bits per heavy atom. The highest BCUT2D eigenvalue weighted by Gasteiger charge is 2.31. The van der Waals surface area contributed by atoms with Gasteiger partial charge in [0, 0.05) is 18.5 Å². The smallest absolute Gasteiger partial charge is 0.286 e. The summed E-state index contributed by atoms with van der Waals surface area (Å²) in [6.07, 6.45) is 0.463. The SMILES string of the molecule is Cc1ccc(S(=O)(=O)Nc2cccc3ccc(Oc4ccc5nc(COc6ccc(CC7SC(=O)NC7=O)cc6)n(C)c5c4)cc23)cc1. The normalized spacial score (nSPS) is 14.8. The van der Waals surface area contributed by atoms with E-state index in [0.29, 0.717) is 34.7 Å². The molecule has 6 aromatic rings. The van der Waals surface area contributed by atoms with Crippen LogP contribution in [0.5, 0.6) is 17.2 Å². The van der Waals surface area contributed by atoms with Crippen molar-refractivity contribution in [1.82, 2.24) is 14.9 Å². The molecule has 1 aliphatic heterocycles. The van der Waals surface area contributed by atoms with Crippen molar-refractivity contribution in [3.63, 3.8) is 0 Å². The second kappa shape index (κ2) is 12.7. The Hall–Kier alpha value is -5.33. The van der Waals surface area contributed by atoms with Crippen LogP contribution >= 0.6 is 11.8 Å². The van der Waals surface area contributed by atoms with Crippen LogP contribution < -0.4 is 19.5 Å². The molecular weight excluding hydrogens is 649 g/mol. The van der Waals surface area contributed by atoms with Gasteiger partial charge in [-0.25, -0.2) is 13.4 Å². The zero-order valence-electron chi connectivity index (χ0n) is 26.0. The molecule has 1 fully saturated rings. The number of imide groups is 1. The lowest BCUT2D eigenvalue weighted by atomic mass is 10.1. The first-order valence-corrected chi connectivity index (χ1v) is 17.5. The van der Waals surface area contributed by atoms with Gasteiger partial charge in [0.1, 0.15) is 29.7 Å². The topological polar surface area (TPSA) is 129 Å². The molecule has 1 atom stereocenters. The Morgan fingerprint density at radius 3 is 2.38 bits per heavy atom. The predicted octanol–water partition coefficient (Wildman–Crippen LogP) is 7.10. The van der Waals surface area contributed by atoms with Crippen molar-refractivity contribution in [2.24, 2.45) is 7.05 Å². The van der Waals surface area contributed by atoms with E-state index in [1.54, 1.807) is 30.3 Å². The van der Waals surface area contributed by atoms with Crippen molar-refractivity contribution >= 4 is 60.4 Å². The maximum absolute atomic E-state index is 13.1.